The molecule has 2 heterocycles. The van der Waals surface area contributed by atoms with Crippen molar-refractivity contribution in [2.45, 2.75) is 19.4 Å². The van der Waals surface area contributed by atoms with Gasteiger partial charge in [-0.1, -0.05) is 6.07 Å². The molecule has 0 bridgehead atoms. The summed E-state index contributed by atoms with van der Waals surface area (Å²) in [7, 11) is 0. The molecule has 6 nitrogen and oxygen atoms in total. The number of hydrogen-bond acceptors (Lipinski definition) is 4. The van der Waals surface area contributed by atoms with Gasteiger partial charge in [0.2, 0.25) is 0 Å². The Morgan fingerprint density at radius 2 is 2.00 bits per heavy atom. The number of hydrogen-bond donors (Lipinski definition) is 2. The van der Waals surface area contributed by atoms with Gasteiger partial charge < -0.3 is 20.1 Å². The highest BCUT2D eigenvalue weighted by Gasteiger charge is 2.13. The molecule has 3 rings (SSSR count). The van der Waals surface area contributed by atoms with E-state index in [2.05, 4.69) is 15.6 Å². The number of pyridine rings is 1. The van der Waals surface area contributed by atoms with E-state index in [9.17, 15) is 4.79 Å². The molecule has 23 heavy (non-hydrogen) atoms. The van der Waals surface area contributed by atoms with E-state index >= 15 is 0 Å². The van der Waals surface area contributed by atoms with Crippen molar-refractivity contribution in [3.05, 3.63) is 48.3 Å². The number of urea groups is 1. The molecule has 0 aliphatic carbocycles. The Morgan fingerprint density at radius 1 is 1.17 bits per heavy atom. The van der Waals surface area contributed by atoms with Gasteiger partial charge >= 0.3 is 6.03 Å². The van der Waals surface area contributed by atoms with Crippen LogP contribution in [0.25, 0.3) is 0 Å². The third-order valence-electron chi connectivity index (χ3n) is 3.48. The van der Waals surface area contributed by atoms with Gasteiger partial charge in [-0.25, -0.2) is 4.79 Å². The number of carbonyl (C=O) groups is 1. The molecule has 1 aliphatic rings. The molecule has 1 atom stereocenters. The van der Waals surface area contributed by atoms with E-state index in [1.807, 2.05) is 25.1 Å². The van der Waals surface area contributed by atoms with Gasteiger partial charge in [0, 0.05) is 24.4 Å². The van der Waals surface area contributed by atoms with Crippen LogP contribution in [-0.4, -0.2) is 24.2 Å². The summed E-state index contributed by atoms with van der Waals surface area (Å²) in [5.74, 6) is 1.35. The highest BCUT2D eigenvalue weighted by atomic mass is 16.5. The smallest absolute Gasteiger partial charge is 0.319 e. The Morgan fingerprint density at radius 3 is 2.78 bits per heavy atom. The number of carbonyl (C=O) groups excluding carboxylic acids is 1. The van der Waals surface area contributed by atoms with Crippen LogP contribution >= 0.6 is 0 Å². The summed E-state index contributed by atoms with van der Waals surface area (Å²) < 4.78 is 11.2. The van der Waals surface area contributed by atoms with Crippen molar-refractivity contribution in [3.8, 4) is 11.5 Å². The summed E-state index contributed by atoms with van der Waals surface area (Å²) in [6.07, 6.45) is 2.55. The number of fused-ring (bicyclic) bond motifs is 1. The predicted molar refractivity (Wildman–Crippen MR) is 86.9 cm³/mol. The van der Waals surface area contributed by atoms with Crippen LogP contribution in [0.4, 0.5) is 10.5 Å². The molecule has 6 heteroatoms. The molecule has 0 saturated heterocycles. The quantitative estimate of drug-likeness (QED) is 0.913. The van der Waals surface area contributed by atoms with Crippen LogP contribution in [0, 0.1) is 0 Å². The van der Waals surface area contributed by atoms with Crippen LogP contribution in [0.5, 0.6) is 11.5 Å². The van der Waals surface area contributed by atoms with Crippen molar-refractivity contribution >= 4 is 11.7 Å². The Balaban J connectivity index is 1.63. The summed E-state index contributed by atoms with van der Waals surface area (Å²) >= 11 is 0. The van der Waals surface area contributed by atoms with E-state index < -0.39 is 0 Å². The van der Waals surface area contributed by atoms with E-state index in [1.54, 1.807) is 24.4 Å². The van der Waals surface area contributed by atoms with Gasteiger partial charge in [0.05, 0.1) is 24.9 Å². The van der Waals surface area contributed by atoms with Crippen molar-refractivity contribution < 1.29 is 14.3 Å². The minimum atomic E-state index is -0.294. The first-order chi connectivity index (χ1) is 11.2. The number of aromatic nitrogens is 1. The Kier molecular flexibility index (Phi) is 4.61. The fourth-order valence-corrected chi connectivity index (χ4v) is 2.31. The first kappa shape index (κ1) is 15.1. The topological polar surface area (TPSA) is 72.5 Å². The lowest BCUT2D eigenvalue weighted by molar-refractivity contribution is 0.249. The van der Waals surface area contributed by atoms with Gasteiger partial charge in [-0.2, -0.15) is 0 Å². The average Bonchev–Trinajstić information content (AvgIpc) is 2.80. The maximum Gasteiger partial charge on any atom is 0.319 e. The van der Waals surface area contributed by atoms with Crippen molar-refractivity contribution in [1.29, 1.82) is 0 Å². The van der Waals surface area contributed by atoms with Crippen LogP contribution in [0.2, 0.25) is 0 Å². The van der Waals surface area contributed by atoms with E-state index in [4.69, 9.17) is 9.47 Å². The molecule has 120 valence electrons. The van der Waals surface area contributed by atoms with Crippen molar-refractivity contribution in [1.82, 2.24) is 10.3 Å². The van der Waals surface area contributed by atoms with Gasteiger partial charge in [0.1, 0.15) is 0 Å². The zero-order chi connectivity index (χ0) is 16.1. The molecule has 1 unspecified atom stereocenters. The fraction of sp³-hybridized carbons (Fsp3) is 0.294. The Hall–Kier alpha value is -2.76. The van der Waals surface area contributed by atoms with Gasteiger partial charge in [-0.3, -0.25) is 4.98 Å². The lowest BCUT2D eigenvalue weighted by Crippen LogP contribution is -2.31. The molecule has 1 aliphatic heterocycles. The highest BCUT2D eigenvalue weighted by molar-refractivity contribution is 5.89. The fourth-order valence-electron chi connectivity index (χ4n) is 2.31. The third kappa shape index (κ3) is 3.91. The molecule has 0 spiro atoms. The van der Waals surface area contributed by atoms with E-state index in [0.717, 1.165) is 12.1 Å². The molecule has 0 fully saturated rings. The summed E-state index contributed by atoms with van der Waals surface area (Å²) in [5, 5.41) is 5.65. The highest BCUT2D eigenvalue weighted by Crippen LogP contribution is 2.32. The molecular formula is C17H19N3O3. The lowest BCUT2D eigenvalue weighted by Gasteiger charge is -2.15. The minimum absolute atomic E-state index is 0.184. The van der Waals surface area contributed by atoms with Crippen LogP contribution in [-0.2, 0) is 0 Å². The maximum atomic E-state index is 12.1. The van der Waals surface area contributed by atoms with E-state index in [-0.39, 0.29) is 12.1 Å². The largest absolute Gasteiger partial charge is 0.490 e. The number of ether oxygens (including phenoxy) is 2. The molecular weight excluding hydrogens is 294 g/mol. The van der Waals surface area contributed by atoms with Gasteiger partial charge in [-0.15, -0.1) is 0 Å². The van der Waals surface area contributed by atoms with Crippen LogP contribution in [0.3, 0.4) is 0 Å². The number of benzene rings is 1. The summed E-state index contributed by atoms with van der Waals surface area (Å²) in [6.45, 7) is 3.14. The van der Waals surface area contributed by atoms with Crippen LogP contribution in [0.1, 0.15) is 25.1 Å². The second-order valence-electron chi connectivity index (χ2n) is 5.29. The van der Waals surface area contributed by atoms with Crippen molar-refractivity contribution in [2.24, 2.45) is 0 Å². The summed E-state index contributed by atoms with van der Waals surface area (Å²) in [6, 6.07) is 10.5. The second kappa shape index (κ2) is 7.00. The molecule has 1 aromatic carbocycles. The number of nitrogens with one attached hydrogen (secondary N) is 2. The van der Waals surface area contributed by atoms with Crippen molar-refractivity contribution in [2.75, 3.05) is 18.5 Å². The number of amides is 2. The first-order valence-corrected chi connectivity index (χ1v) is 7.60. The Labute approximate surface area is 134 Å². The number of nitrogens with zero attached hydrogens (tertiary/aromatic N) is 1. The molecule has 2 aromatic rings. The maximum absolute atomic E-state index is 12.1. The SMILES string of the molecule is CC(NC(=O)Nc1ccc2c(c1)OCCCO2)c1ccccn1. The second-order valence-corrected chi connectivity index (χ2v) is 5.29. The van der Waals surface area contributed by atoms with Gasteiger partial charge in [0.15, 0.2) is 11.5 Å². The average molecular weight is 313 g/mol. The number of anilines is 1. The molecule has 0 saturated carbocycles. The summed E-state index contributed by atoms with van der Waals surface area (Å²) in [4.78, 5) is 16.3. The minimum Gasteiger partial charge on any atom is -0.490 e. The molecule has 2 amide bonds. The normalized spacial score (nSPS) is 14.5. The van der Waals surface area contributed by atoms with E-state index in [0.29, 0.717) is 30.4 Å². The van der Waals surface area contributed by atoms with Gasteiger partial charge in [-0.05, 0) is 31.2 Å². The lowest BCUT2D eigenvalue weighted by atomic mass is 10.2. The van der Waals surface area contributed by atoms with Crippen molar-refractivity contribution in [3.63, 3.8) is 0 Å². The Bertz CT molecular complexity index is 676. The third-order valence-corrected chi connectivity index (χ3v) is 3.48. The molecule has 0 radical (unpaired) electrons. The zero-order valence-electron chi connectivity index (χ0n) is 12.9. The van der Waals surface area contributed by atoms with Gasteiger partial charge in [0.25, 0.3) is 0 Å². The molecule has 2 N–H and O–H groups in total. The first-order valence-electron chi connectivity index (χ1n) is 7.60. The van der Waals surface area contributed by atoms with Crippen LogP contribution in [0.15, 0.2) is 42.6 Å². The number of rotatable bonds is 3. The standard InChI is InChI=1S/C17H19N3O3/c1-12(14-5-2-3-8-18-14)19-17(21)20-13-6-7-15-16(11-13)23-10-4-9-22-15/h2-3,5-8,11-12H,4,9-10H2,1H3,(H2,19,20,21). The van der Waals surface area contributed by atoms with E-state index in [1.165, 1.54) is 0 Å². The van der Waals surface area contributed by atoms with Crippen LogP contribution < -0.4 is 20.1 Å². The molecule has 1 aromatic heterocycles. The monoisotopic (exact) mass is 313 g/mol. The zero-order valence-corrected chi connectivity index (χ0v) is 12.9. The predicted octanol–water partition coefficient (Wildman–Crippen LogP) is 3.13. The summed E-state index contributed by atoms with van der Waals surface area (Å²) in [5.41, 5.74) is 1.46.